The van der Waals surface area contributed by atoms with Crippen molar-refractivity contribution < 1.29 is 8.42 Å². The van der Waals surface area contributed by atoms with Gasteiger partial charge in [0, 0.05) is 25.3 Å². The first kappa shape index (κ1) is 14.7. The van der Waals surface area contributed by atoms with E-state index in [0.717, 1.165) is 28.7 Å². The van der Waals surface area contributed by atoms with Gasteiger partial charge in [-0.3, -0.25) is 0 Å². The fourth-order valence-electron chi connectivity index (χ4n) is 2.17. The predicted molar refractivity (Wildman–Crippen MR) is 79.7 cm³/mol. The minimum Gasteiger partial charge on any atom is -0.366 e. The van der Waals surface area contributed by atoms with Crippen LogP contribution in [0.4, 0.5) is 5.82 Å². The summed E-state index contributed by atoms with van der Waals surface area (Å²) in [7, 11) is -3.06. The Morgan fingerprint density at radius 2 is 2.05 bits per heavy atom. The van der Waals surface area contributed by atoms with Gasteiger partial charge in [0.1, 0.15) is 5.82 Å². The molecule has 0 bridgehead atoms. The maximum absolute atomic E-state index is 11.4. The van der Waals surface area contributed by atoms with E-state index in [4.69, 9.17) is 0 Å². The molecule has 0 unspecified atom stereocenters. The molecule has 1 aliphatic rings. The Bertz CT molecular complexity index is 554. The summed E-state index contributed by atoms with van der Waals surface area (Å²) in [6.07, 6.45) is 4.64. The fraction of sp³-hybridized carbons (Fsp3) is 0.583. The monoisotopic (exact) mass is 347 g/mol. The Labute approximate surface area is 122 Å². The van der Waals surface area contributed by atoms with E-state index in [1.54, 1.807) is 6.20 Å². The number of rotatable bonds is 3. The van der Waals surface area contributed by atoms with E-state index in [0.29, 0.717) is 13.1 Å². The maximum atomic E-state index is 11.4. The molecule has 5 nitrogen and oxygen atoms in total. The highest BCUT2D eigenvalue weighted by Gasteiger charge is 2.25. The van der Waals surface area contributed by atoms with Crippen molar-refractivity contribution in [3.8, 4) is 0 Å². The molecule has 106 valence electrons. The van der Waals surface area contributed by atoms with Gasteiger partial charge in [0.15, 0.2) is 0 Å². The number of sulfonamides is 1. The Morgan fingerprint density at radius 1 is 1.42 bits per heavy atom. The standard InChI is InChI=1S/C12H18BrN3O2S/c1-9-3-6-14-12(11(9)13)15-10-4-7-16(8-5-10)19(2,17)18/h3,6,10H,4-5,7-8H2,1-2H3,(H,14,15). The largest absolute Gasteiger partial charge is 0.366 e. The molecule has 1 saturated heterocycles. The molecular formula is C12H18BrN3O2S. The summed E-state index contributed by atoms with van der Waals surface area (Å²) in [5.74, 6) is 0.831. The second-order valence-corrected chi connectivity index (χ2v) is 7.65. The van der Waals surface area contributed by atoms with Crippen LogP contribution in [-0.4, -0.2) is 43.1 Å². The molecule has 0 radical (unpaired) electrons. The van der Waals surface area contributed by atoms with Gasteiger partial charge in [-0.2, -0.15) is 0 Å². The maximum Gasteiger partial charge on any atom is 0.211 e. The lowest BCUT2D eigenvalue weighted by Gasteiger charge is -2.31. The molecule has 1 aliphatic heterocycles. The van der Waals surface area contributed by atoms with Crippen LogP contribution in [0, 0.1) is 6.92 Å². The van der Waals surface area contributed by atoms with E-state index in [9.17, 15) is 8.42 Å². The average Bonchev–Trinajstić information content (AvgIpc) is 2.35. The van der Waals surface area contributed by atoms with Crippen molar-refractivity contribution in [1.29, 1.82) is 0 Å². The number of nitrogens with zero attached hydrogens (tertiary/aromatic N) is 2. The van der Waals surface area contributed by atoms with Gasteiger partial charge in [-0.05, 0) is 47.3 Å². The highest BCUT2D eigenvalue weighted by Crippen LogP contribution is 2.25. The number of piperidine rings is 1. The van der Waals surface area contributed by atoms with Crippen LogP contribution in [0.5, 0.6) is 0 Å². The molecule has 1 N–H and O–H groups in total. The third kappa shape index (κ3) is 3.67. The van der Waals surface area contributed by atoms with Crippen LogP contribution in [0.2, 0.25) is 0 Å². The molecule has 1 fully saturated rings. The molecule has 2 heterocycles. The summed E-state index contributed by atoms with van der Waals surface area (Å²) in [4.78, 5) is 4.31. The Kier molecular flexibility index (Phi) is 4.47. The van der Waals surface area contributed by atoms with E-state index in [1.807, 2.05) is 13.0 Å². The molecule has 0 aromatic carbocycles. The molecule has 0 atom stereocenters. The van der Waals surface area contributed by atoms with Gasteiger partial charge in [0.05, 0.1) is 10.7 Å². The Hall–Kier alpha value is -0.660. The summed E-state index contributed by atoms with van der Waals surface area (Å²) in [6, 6.07) is 2.21. The van der Waals surface area contributed by atoms with Crippen LogP contribution in [0.15, 0.2) is 16.7 Å². The Balaban J connectivity index is 1.98. The van der Waals surface area contributed by atoms with Crippen LogP contribution in [-0.2, 0) is 10.0 Å². The van der Waals surface area contributed by atoms with Crippen LogP contribution >= 0.6 is 15.9 Å². The molecule has 1 aromatic heterocycles. The smallest absolute Gasteiger partial charge is 0.211 e. The zero-order valence-electron chi connectivity index (χ0n) is 11.1. The first-order chi connectivity index (χ1) is 8.88. The first-order valence-corrected chi connectivity index (χ1v) is 8.85. The third-order valence-electron chi connectivity index (χ3n) is 3.35. The molecular weight excluding hydrogens is 330 g/mol. The molecule has 1 aromatic rings. The van der Waals surface area contributed by atoms with Crippen LogP contribution in [0.1, 0.15) is 18.4 Å². The minimum absolute atomic E-state index is 0.267. The van der Waals surface area contributed by atoms with E-state index in [-0.39, 0.29) is 6.04 Å². The van der Waals surface area contributed by atoms with Crippen molar-refractivity contribution in [3.63, 3.8) is 0 Å². The molecule has 0 saturated carbocycles. The van der Waals surface area contributed by atoms with Crippen molar-refractivity contribution in [2.45, 2.75) is 25.8 Å². The van der Waals surface area contributed by atoms with Gasteiger partial charge in [-0.15, -0.1) is 0 Å². The zero-order chi connectivity index (χ0) is 14.0. The number of anilines is 1. The molecule has 0 amide bonds. The van der Waals surface area contributed by atoms with Crippen molar-refractivity contribution in [2.24, 2.45) is 0 Å². The van der Waals surface area contributed by atoms with E-state index in [1.165, 1.54) is 10.6 Å². The number of halogens is 1. The minimum atomic E-state index is -3.06. The lowest BCUT2D eigenvalue weighted by atomic mass is 10.1. The van der Waals surface area contributed by atoms with Gasteiger partial charge >= 0.3 is 0 Å². The van der Waals surface area contributed by atoms with E-state index >= 15 is 0 Å². The quantitative estimate of drug-likeness (QED) is 0.908. The summed E-state index contributed by atoms with van der Waals surface area (Å²) >= 11 is 3.52. The second kappa shape index (κ2) is 5.76. The highest BCUT2D eigenvalue weighted by molar-refractivity contribution is 9.10. The van der Waals surface area contributed by atoms with Crippen LogP contribution in [0.3, 0.4) is 0 Å². The third-order valence-corrected chi connectivity index (χ3v) is 5.65. The lowest BCUT2D eigenvalue weighted by Crippen LogP contribution is -2.42. The first-order valence-electron chi connectivity index (χ1n) is 6.20. The fourth-order valence-corrected chi connectivity index (χ4v) is 3.39. The van der Waals surface area contributed by atoms with E-state index < -0.39 is 10.0 Å². The zero-order valence-corrected chi connectivity index (χ0v) is 13.5. The number of nitrogens with one attached hydrogen (secondary N) is 1. The van der Waals surface area contributed by atoms with Gasteiger partial charge in [-0.25, -0.2) is 17.7 Å². The molecule has 19 heavy (non-hydrogen) atoms. The molecule has 7 heteroatoms. The molecule has 2 rings (SSSR count). The average molecular weight is 348 g/mol. The summed E-state index contributed by atoms with van der Waals surface area (Å²) in [5, 5.41) is 3.38. The SMILES string of the molecule is Cc1ccnc(NC2CCN(S(C)(=O)=O)CC2)c1Br. The number of pyridine rings is 1. The lowest BCUT2D eigenvalue weighted by molar-refractivity contribution is 0.331. The van der Waals surface area contributed by atoms with Crippen LogP contribution in [0.25, 0.3) is 0 Å². The number of aromatic nitrogens is 1. The molecule has 0 spiro atoms. The number of hydrogen-bond acceptors (Lipinski definition) is 4. The predicted octanol–water partition coefficient (Wildman–Crippen LogP) is 1.99. The van der Waals surface area contributed by atoms with Crippen molar-refractivity contribution in [1.82, 2.24) is 9.29 Å². The topological polar surface area (TPSA) is 62.3 Å². The van der Waals surface area contributed by atoms with E-state index in [2.05, 4.69) is 26.2 Å². The number of hydrogen-bond donors (Lipinski definition) is 1. The van der Waals surface area contributed by atoms with Crippen molar-refractivity contribution in [3.05, 3.63) is 22.3 Å². The normalized spacial score (nSPS) is 18.5. The summed E-state index contributed by atoms with van der Waals surface area (Å²) in [5.41, 5.74) is 1.13. The van der Waals surface area contributed by atoms with Gasteiger partial charge in [0.25, 0.3) is 0 Å². The number of aryl methyl sites for hydroxylation is 1. The van der Waals surface area contributed by atoms with Gasteiger partial charge in [0.2, 0.25) is 10.0 Å². The Morgan fingerprint density at radius 3 is 2.63 bits per heavy atom. The van der Waals surface area contributed by atoms with Crippen molar-refractivity contribution >= 4 is 31.8 Å². The summed E-state index contributed by atoms with van der Waals surface area (Å²) < 4.78 is 25.4. The van der Waals surface area contributed by atoms with Crippen molar-refractivity contribution in [2.75, 3.05) is 24.7 Å². The summed E-state index contributed by atoms with van der Waals surface area (Å²) in [6.45, 7) is 3.16. The highest BCUT2D eigenvalue weighted by atomic mass is 79.9. The second-order valence-electron chi connectivity index (χ2n) is 4.87. The van der Waals surface area contributed by atoms with Gasteiger partial charge < -0.3 is 5.32 Å². The van der Waals surface area contributed by atoms with Crippen LogP contribution < -0.4 is 5.32 Å². The van der Waals surface area contributed by atoms with Gasteiger partial charge in [-0.1, -0.05) is 0 Å². The molecule has 0 aliphatic carbocycles.